The van der Waals surface area contributed by atoms with E-state index in [1.54, 1.807) is 54.6 Å². The summed E-state index contributed by atoms with van der Waals surface area (Å²) in [4.78, 5) is 16.1. The Bertz CT molecular complexity index is 1240. The van der Waals surface area contributed by atoms with Crippen LogP contribution < -0.4 is 5.32 Å². The Hall–Kier alpha value is -3.20. The van der Waals surface area contributed by atoms with E-state index in [0.29, 0.717) is 32.7 Å². The van der Waals surface area contributed by atoms with Gasteiger partial charge >= 0.3 is 12.1 Å². The van der Waals surface area contributed by atoms with Gasteiger partial charge in [-0.3, -0.25) is 4.79 Å². The molecular formula is C22H15BrF3N3O2. The Kier molecular flexibility index (Phi) is 5.77. The third-order valence-electron chi connectivity index (χ3n) is 4.72. The molecule has 158 valence electrons. The van der Waals surface area contributed by atoms with E-state index in [1.807, 2.05) is 12.1 Å². The number of alkyl halides is 3. The van der Waals surface area contributed by atoms with Gasteiger partial charge in [0.15, 0.2) is 5.58 Å². The monoisotopic (exact) mass is 489 g/mol. The number of benzene rings is 2. The van der Waals surface area contributed by atoms with Gasteiger partial charge < -0.3 is 9.84 Å². The first-order chi connectivity index (χ1) is 14.8. The smallest absolute Gasteiger partial charge is 0.356 e. The molecule has 0 spiro atoms. The number of carbonyl (C=O) groups excluding carboxylic acids is 1. The zero-order valence-corrected chi connectivity index (χ0v) is 17.4. The van der Waals surface area contributed by atoms with Gasteiger partial charge in [-0.25, -0.2) is 4.98 Å². The zero-order valence-electron chi connectivity index (χ0n) is 15.9. The maximum absolute atomic E-state index is 13.0. The predicted molar refractivity (Wildman–Crippen MR) is 112 cm³/mol. The minimum Gasteiger partial charge on any atom is -0.356 e. The topological polar surface area (TPSA) is 68.0 Å². The first-order valence-corrected chi connectivity index (χ1v) is 10.0. The third kappa shape index (κ3) is 4.61. The van der Waals surface area contributed by atoms with E-state index in [9.17, 15) is 18.0 Å². The highest BCUT2D eigenvalue weighted by Crippen LogP contribution is 2.34. The van der Waals surface area contributed by atoms with Gasteiger partial charge in [-0.2, -0.15) is 13.2 Å². The Morgan fingerprint density at radius 1 is 1.03 bits per heavy atom. The molecule has 0 fully saturated rings. The number of para-hydroxylation sites is 1. The largest absolute Gasteiger partial charge is 0.471 e. The van der Waals surface area contributed by atoms with E-state index in [2.05, 4.69) is 31.4 Å². The number of halogens is 4. The van der Waals surface area contributed by atoms with Crippen molar-refractivity contribution in [2.75, 3.05) is 0 Å². The second-order valence-electron chi connectivity index (χ2n) is 6.79. The van der Waals surface area contributed by atoms with E-state index in [-0.39, 0.29) is 6.42 Å². The number of hydrogen-bond acceptors (Lipinski definition) is 4. The maximum atomic E-state index is 13.0. The minimum atomic E-state index is -5.02. The number of fused-ring (bicyclic) bond motifs is 1. The molecule has 9 heteroatoms. The summed E-state index contributed by atoms with van der Waals surface area (Å²) in [5.74, 6) is -2.02. The second-order valence-corrected chi connectivity index (χ2v) is 7.61. The summed E-state index contributed by atoms with van der Waals surface area (Å²) >= 11 is 3.26. The Labute approximate surface area is 183 Å². The number of pyridine rings is 1. The van der Waals surface area contributed by atoms with Crippen LogP contribution in [0, 0.1) is 0 Å². The number of amides is 1. The quantitative estimate of drug-likeness (QED) is 0.369. The van der Waals surface area contributed by atoms with Crippen LogP contribution in [0.4, 0.5) is 13.2 Å². The molecule has 0 saturated carbocycles. The van der Waals surface area contributed by atoms with Crippen molar-refractivity contribution in [2.24, 2.45) is 0 Å². The predicted octanol–water partition coefficient (Wildman–Crippen LogP) is 5.61. The first kappa shape index (κ1) is 21.0. The van der Waals surface area contributed by atoms with Gasteiger partial charge in [0.1, 0.15) is 10.3 Å². The van der Waals surface area contributed by atoms with Gasteiger partial charge in [0.05, 0.1) is 6.04 Å². The highest BCUT2D eigenvalue weighted by Gasteiger charge is 2.40. The fraction of sp³-hybridized carbons (Fsp3) is 0.136. The normalized spacial score (nSPS) is 12.6. The van der Waals surface area contributed by atoms with Crippen LogP contribution in [0.5, 0.6) is 0 Å². The van der Waals surface area contributed by atoms with Crippen LogP contribution in [0.2, 0.25) is 0 Å². The summed E-state index contributed by atoms with van der Waals surface area (Å²) in [6.45, 7) is 0. The number of aromatic nitrogens is 2. The van der Waals surface area contributed by atoms with Crippen LogP contribution in [0.15, 0.2) is 75.9 Å². The molecule has 0 aliphatic heterocycles. The summed E-state index contributed by atoms with van der Waals surface area (Å²) in [5.41, 5.74) is 2.59. The van der Waals surface area contributed by atoms with Gasteiger partial charge in [0, 0.05) is 23.1 Å². The van der Waals surface area contributed by atoms with Crippen LogP contribution in [0.1, 0.15) is 17.3 Å². The lowest BCUT2D eigenvalue weighted by molar-refractivity contribution is -0.174. The molecule has 0 saturated heterocycles. The highest BCUT2D eigenvalue weighted by molar-refractivity contribution is 9.10. The van der Waals surface area contributed by atoms with Crippen molar-refractivity contribution in [1.82, 2.24) is 15.5 Å². The summed E-state index contributed by atoms with van der Waals surface area (Å²) in [5, 5.41) is 6.96. The fourth-order valence-electron chi connectivity index (χ4n) is 3.35. The Morgan fingerprint density at radius 3 is 2.55 bits per heavy atom. The van der Waals surface area contributed by atoms with Gasteiger partial charge in [0.25, 0.3) is 0 Å². The molecule has 4 rings (SSSR count). The molecule has 0 bridgehead atoms. The van der Waals surface area contributed by atoms with Gasteiger partial charge in [0.2, 0.25) is 0 Å². The lowest BCUT2D eigenvalue weighted by Crippen LogP contribution is -2.40. The van der Waals surface area contributed by atoms with Crippen LogP contribution in [-0.4, -0.2) is 22.2 Å². The lowest BCUT2D eigenvalue weighted by atomic mass is 9.93. The highest BCUT2D eigenvalue weighted by atomic mass is 79.9. The molecule has 0 unspecified atom stereocenters. The van der Waals surface area contributed by atoms with Crippen LogP contribution >= 0.6 is 15.9 Å². The van der Waals surface area contributed by atoms with Crippen molar-refractivity contribution in [3.8, 4) is 11.3 Å². The van der Waals surface area contributed by atoms with Crippen molar-refractivity contribution in [2.45, 2.75) is 18.6 Å². The average Bonchev–Trinajstić information content (AvgIpc) is 3.16. The van der Waals surface area contributed by atoms with Crippen LogP contribution in [-0.2, 0) is 11.2 Å². The molecule has 2 aromatic carbocycles. The van der Waals surface area contributed by atoms with Crippen molar-refractivity contribution in [3.05, 3.63) is 82.6 Å². The molecule has 1 N–H and O–H groups in total. The van der Waals surface area contributed by atoms with Gasteiger partial charge in [-0.15, -0.1) is 0 Å². The van der Waals surface area contributed by atoms with E-state index in [1.165, 1.54) is 0 Å². The summed E-state index contributed by atoms with van der Waals surface area (Å²) in [6, 6.07) is 18.2. The number of rotatable bonds is 5. The van der Waals surface area contributed by atoms with Crippen molar-refractivity contribution >= 4 is 32.8 Å². The lowest BCUT2D eigenvalue weighted by Gasteiger charge is -2.22. The van der Waals surface area contributed by atoms with E-state index < -0.39 is 18.1 Å². The van der Waals surface area contributed by atoms with Gasteiger partial charge in [-0.05, 0) is 45.8 Å². The maximum Gasteiger partial charge on any atom is 0.471 e. The number of carbonyl (C=O) groups is 1. The van der Waals surface area contributed by atoms with Crippen LogP contribution in [0.25, 0.3) is 22.2 Å². The number of nitrogens with one attached hydrogen (secondary N) is 1. The molecule has 5 nitrogen and oxygen atoms in total. The van der Waals surface area contributed by atoms with E-state index in [4.69, 9.17) is 4.52 Å². The average molecular weight is 490 g/mol. The molecule has 0 aliphatic carbocycles. The Morgan fingerprint density at radius 2 is 1.77 bits per heavy atom. The molecule has 4 aromatic rings. The molecule has 2 aromatic heterocycles. The summed E-state index contributed by atoms with van der Waals surface area (Å²) in [7, 11) is 0. The third-order valence-corrected chi connectivity index (χ3v) is 5.16. The van der Waals surface area contributed by atoms with Crippen LogP contribution in [0.3, 0.4) is 0 Å². The van der Waals surface area contributed by atoms with Crippen molar-refractivity contribution in [1.29, 1.82) is 0 Å². The minimum absolute atomic E-state index is 0.0497. The molecular weight excluding hydrogens is 475 g/mol. The molecule has 0 aliphatic rings. The summed E-state index contributed by atoms with van der Waals surface area (Å²) < 4.78 is 45.1. The van der Waals surface area contributed by atoms with Gasteiger partial charge in [-0.1, -0.05) is 47.6 Å². The van der Waals surface area contributed by atoms with Crippen molar-refractivity contribution in [3.63, 3.8) is 0 Å². The molecule has 1 atom stereocenters. The van der Waals surface area contributed by atoms with Crippen molar-refractivity contribution < 1.29 is 22.5 Å². The molecule has 1 amide bonds. The summed E-state index contributed by atoms with van der Waals surface area (Å²) in [6.07, 6.45) is -4.97. The second kappa shape index (κ2) is 8.50. The standard InChI is InChI=1S/C22H15BrF3N3O2/c23-19-11-5-6-13(27-19)12-17(28-21(30)22(24,25)26)14-7-1-2-8-15(14)20-16-9-3-4-10-18(16)31-29-20/h1-11,17H,12H2,(H,28,30)/t17-/m0/s1. The number of hydrogen-bond donors (Lipinski definition) is 1. The Balaban J connectivity index is 1.80. The fourth-order valence-corrected chi connectivity index (χ4v) is 3.73. The van der Waals surface area contributed by atoms with E-state index in [0.717, 1.165) is 5.39 Å². The zero-order chi connectivity index (χ0) is 22.0. The molecule has 31 heavy (non-hydrogen) atoms. The SMILES string of the molecule is O=C(N[C@@H](Cc1cccc(Br)n1)c1ccccc1-c1noc2ccccc12)C(F)(F)F. The first-order valence-electron chi connectivity index (χ1n) is 9.26. The molecule has 2 heterocycles. The number of nitrogens with zero attached hydrogens (tertiary/aromatic N) is 2. The molecule has 0 radical (unpaired) electrons. The van der Waals surface area contributed by atoms with E-state index >= 15 is 0 Å².